The maximum Gasteiger partial charge on any atom is 0.159 e. The van der Waals surface area contributed by atoms with Crippen LogP contribution >= 0.6 is 0 Å². The average Bonchev–Trinajstić information content (AvgIpc) is 2.88. The Labute approximate surface area is 152 Å². The predicted octanol–water partition coefficient (Wildman–Crippen LogP) is 5.28. The van der Waals surface area contributed by atoms with Gasteiger partial charge in [-0.2, -0.15) is 0 Å². The predicted molar refractivity (Wildman–Crippen MR) is 100 cm³/mol. The summed E-state index contributed by atoms with van der Waals surface area (Å²) in [5.74, 6) is 3.00. The van der Waals surface area contributed by atoms with Crippen molar-refractivity contribution in [2.75, 3.05) is 0 Å². The monoisotopic (exact) mass is 340 g/mol. The van der Waals surface area contributed by atoms with Crippen LogP contribution in [0.4, 0.5) is 0 Å². The zero-order valence-electron chi connectivity index (χ0n) is 16.4. The van der Waals surface area contributed by atoms with E-state index in [1.54, 1.807) is 0 Å². The molecular formula is C23H32O2. The molecule has 0 saturated heterocycles. The third-order valence-corrected chi connectivity index (χ3v) is 8.89. The number of hydrogen-bond acceptors (Lipinski definition) is 2. The Bertz CT molecular complexity index is 712. The van der Waals surface area contributed by atoms with Crippen LogP contribution < -0.4 is 0 Å². The molecule has 2 nitrogen and oxygen atoms in total. The van der Waals surface area contributed by atoms with Crippen molar-refractivity contribution < 1.29 is 9.59 Å². The van der Waals surface area contributed by atoms with Gasteiger partial charge in [0.1, 0.15) is 5.78 Å². The highest BCUT2D eigenvalue weighted by Crippen LogP contribution is 2.67. The van der Waals surface area contributed by atoms with E-state index in [-0.39, 0.29) is 10.8 Å². The molecule has 0 aromatic carbocycles. The van der Waals surface area contributed by atoms with Crippen molar-refractivity contribution >= 4 is 11.6 Å². The van der Waals surface area contributed by atoms with Crippen molar-refractivity contribution in [2.24, 2.45) is 34.5 Å². The average molecular weight is 341 g/mol. The lowest BCUT2D eigenvalue weighted by Gasteiger charge is -2.60. The summed E-state index contributed by atoms with van der Waals surface area (Å²) in [4.78, 5) is 25.2. The maximum absolute atomic E-state index is 12.6. The standard InChI is InChI=1S/C23H32O2/c1-6-15-12-16-17-7-8-20(25)22(17,4)10-9-18(16)23(5)13(2)11-19(24)14(3)21(15)23/h6,13,16-18H,7-12H2,1-5H3/t13?,16-,17-,18+,22-,23+/m0/s1. The summed E-state index contributed by atoms with van der Waals surface area (Å²) in [6.07, 6.45) is 8.06. The van der Waals surface area contributed by atoms with Gasteiger partial charge in [0, 0.05) is 18.3 Å². The van der Waals surface area contributed by atoms with E-state index in [0.29, 0.717) is 41.7 Å². The van der Waals surface area contributed by atoms with Crippen LogP contribution in [0.1, 0.15) is 73.1 Å². The van der Waals surface area contributed by atoms with E-state index in [2.05, 4.69) is 40.7 Å². The summed E-state index contributed by atoms with van der Waals surface area (Å²) in [6, 6.07) is 0. The second-order valence-electron chi connectivity index (χ2n) is 9.62. The molecule has 3 fully saturated rings. The van der Waals surface area contributed by atoms with Gasteiger partial charge in [0.15, 0.2) is 5.78 Å². The van der Waals surface area contributed by atoms with Gasteiger partial charge in [-0.3, -0.25) is 9.59 Å². The van der Waals surface area contributed by atoms with Gasteiger partial charge in [0.2, 0.25) is 0 Å². The highest BCUT2D eigenvalue weighted by atomic mass is 16.1. The molecule has 4 aliphatic rings. The smallest absolute Gasteiger partial charge is 0.159 e. The van der Waals surface area contributed by atoms with E-state index in [0.717, 1.165) is 37.7 Å². The zero-order valence-corrected chi connectivity index (χ0v) is 16.4. The summed E-state index contributed by atoms with van der Waals surface area (Å²) in [5.41, 5.74) is 3.79. The molecule has 0 spiro atoms. The number of rotatable bonds is 0. The first kappa shape index (κ1) is 17.2. The molecule has 4 rings (SSSR count). The summed E-state index contributed by atoms with van der Waals surface area (Å²) in [7, 11) is 0. The molecule has 2 heteroatoms. The van der Waals surface area contributed by atoms with Crippen molar-refractivity contribution in [1.29, 1.82) is 0 Å². The van der Waals surface area contributed by atoms with E-state index in [9.17, 15) is 9.59 Å². The fourth-order valence-electron chi connectivity index (χ4n) is 7.28. The Morgan fingerprint density at radius 2 is 1.80 bits per heavy atom. The molecular weight excluding hydrogens is 308 g/mol. The van der Waals surface area contributed by atoms with E-state index in [4.69, 9.17) is 0 Å². The van der Waals surface area contributed by atoms with Gasteiger partial charge < -0.3 is 0 Å². The molecule has 6 atom stereocenters. The molecule has 136 valence electrons. The lowest BCUT2D eigenvalue weighted by atomic mass is 9.44. The van der Waals surface area contributed by atoms with Gasteiger partial charge in [0.25, 0.3) is 0 Å². The first-order valence-electron chi connectivity index (χ1n) is 10.2. The van der Waals surface area contributed by atoms with Gasteiger partial charge in [-0.1, -0.05) is 26.8 Å². The quantitative estimate of drug-likeness (QED) is 0.601. The topological polar surface area (TPSA) is 34.1 Å². The van der Waals surface area contributed by atoms with E-state index >= 15 is 0 Å². The molecule has 3 saturated carbocycles. The van der Waals surface area contributed by atoms with Crippen LogP contribution in [0.25, 0.3) is 0 Å². The van der Waals surface area contributed by atoms with Crippen LogP contribution in [0.5, 0.6) is 0 Å². The van der Waals surface area contributed by atoms with Gasteiger partial charge >= 0.3 is 0 Å². The lowest BCUT2D eigenvalue weighted by molar-refractivity contribution is -0.133. The molecule has 0 radical (unpaired) electrons. The number of ketones is 2. The summed E-state index contributed by atoms with van der Waals surface area (Å²) < 4.78 is 0. The largest absolute Gasteiger partial charge is 0.299 e. The van der Waals surface area contributed by atoms with Crippen LogP contribution in [-0.2, 0) is 9.59 Å². The number of carbonyl (C=O) groups excluding carboxylic acids is 2. The first-order valence-corrected chi connectivity index (χ1v) is 10.2. The highest BCUT2D eigenvalue weighted by molar-refractivity contribution is 5.98. The fourth-order valence-corrected chi connectivity index (χ4v) is 7.28. The highest BCUT2D eigenvalue weighted by Gasteiger charge is 2.61. The van der Waals surface area contributed by atoms with E-state index < -0.39 is 0 Å². The summed E-state index contributed by atoms with van der Waals surface area (Å²) in [5, 5.41) is 0. The normalized spacial score (nSPS) is 48.4. The minimum Gasteiger partial charge on any atom is -0.299 e. The second-order valence-corrected chi connectivity index (χ2v) is 9.62. The summed E-state index contributed by atoms with van der Waals surface area (Å²) in [6.45, 7) is 11.1. The van der Waals surface area contributed by atoms with Crippen LogP contribution in [0.3, 0.4) is 0 Å². The molecule has 0 N–H and O–H groups in total. The summed E-state index contributed by atoms with van der Waals surface area (Å²) >= 11 is 0. The van der Waals surface area contributed by atoms with Crippen molar-refractivity contribution in [2.45, 2.75) is 73.1 Å². The van der Waals surface area contributed by atoms with Crippen molar-refractivity contribution in [3.05, 3.63) is 22.8 Å². The Morgan fingerprint density at radius 1 is 1.08 bits per heavy atom. The minimum absolute atomic E-state index is 0.0830. The third-order valence-electron chi connectivity index (χ3n) is 8.89. The van der Waals surface area contributed by atoms with Gasteiger partial charge in [-0.15, -0.1) is 0 Å². The fraction of sp³-hybridized carbons (Fsp3) is 0.739. The molecule has 0 aromatic rings. The molecule has 0 bridgehead atoms. The lowest BCUT2D eigenvalue weighted by Crippen LogP contribution is -2.54. The first-order chi connectivity index (χ1) is 11.7. The molecule has 1 unspecified atom stereocenters. The molecule has 25 heavy (non-hydrogen) atoms. The zero-order chi connectivity index (χ0) is 18.1. The van der Waals surface area contributed by atoms with Gasteiger partial charge in [0.05, 0.1) is 0 Å². The number of allylic oxidation sites excluding steroid dienone is 3. The molecule has 0 heterocycles. The minimum atomic E-state index is -0.0830. The van der Waals surface area contributed by atoms with Crippen LogP contribution in [0.2, 0.25) is 0 Å². The Kier molecular flexibility index (Phi) is 3.73. The number of Topliss-reactive ketones (excluding diaryl/α,β-unsaturated/α-hetero) is 2. The maximum atomic E-state index is 12.6. The Morgan fingerprint density at radius 3 is 2.48 bits per heavy atom. The van der Waals surface area contributed by atoms with Crippen molar-refractivity contribution in [1.82, 2.24) is 0 Å². The number of hydrogen-bond donors (Lipinski definition) is 0. The molecule has 4 aliphatic carbocycles. The number of fused-ring (bicyclic) bond motifs is 5. The molecule has 0 aliphatic heterocycles. The van der Waals surface area contributed by atoms with Gasteiger partial charge in [-0.25, -0.2) is 0 Å². The second kappa shape index (κ2) is 5.41. The van der Waals surface area contributed by atoms with Gasteiger partial charge in [-0.05, 0) is 85.3 Å². The molecule has 0 aromatic heterocycles. The van der Waals surface area contributed by atoms with Crippen molar-refractivity contribution in [3.63, 3.8) is 0 Å². The van der Waals surface area contributed by atoms with Crippen LogP contribution in [0.15, 0.2) is 22.8 Å². The van der Waals surface area contributed by atoms with Crippen molar-refractivity contribution in [3.8, 4) is 0 Å². The van der Waals surface area contributed by atoms with E-state index in [1.165, 1.54) is 11.1 Å². The van der Waals surface area contributed by atoms with Crippen LogP contribution in [0, 0.1) is 34.5 Å². The molecule has 0 amide bonds. The SMILES string of the molecule is CC=C1C[C@@H]2[C@@H](CC[C@]3(C)C(=O)CC[C@@H]23)[C@]2(C)C1=C(C)C(=O)CC2C. The Hall–Kier alpha value is -1.18. The third kappa shape index (κ3) is 2.03. The Balaban J connectivity index is 1.86. The number of carbonyl (C=O) groups is 2. The van der Waals surface area contributed by atoms with E-state index in [1.807, 2.05) is 0 Å². The van der Waals surface area contributed by atoms with Crippen LogP contribution in [-0.4, -0.2) is 11.6 Å².